The average Bonchev–Trinajstić information content (AvgIpc) is 2.86. The molecule has 0 radical (unpaired) electrons. The molecule has 0 aromatic carbocycles. The van der Waals surface area contributed by atoms with E-state index in [-0.39, 0.29) is 25.3 Å². The molecular weight excluding hydrogens is 272 g/mol. The maximum atomic E-state index is 12.5. The van der Waals surface area contributed by atoms with E-state index in [0.717, 1.165) is 12.8 Å². The van der Waals surface area contributed by atoms with Gasteiger partial charge in [0.25, 0.3) is 0 Å². The number of amides is 2. The molecule has 1 rings (SSSR count). The van der Waals surface area contributed by atoms with Crippen molar-refractivity contribution in [2.24, 2.45) is 11.8 Å². The molecule has 0 bridgehead atoms. The van der Waals surface area contributed by atoms with Crippen molar-refractivity contribution >= 4 is 12.0 Å². The molecule has 0 saturated carbocycles. The lowest BCUT2D eigenvalue weighted by molar-refractivity contribution is -0.142. The number of urea groups is 1. The van der Waals surface area contributed by atoms with Crippen LogP contribution < -0.4 is 5.32 Å². The monoisotopic (exact) mass is 300 g/mol. The number of ether oxygens (including phenoxy) is 1. The summed E-state index contributed by atoms with van der Waals surface area (Å²) in [5, 5.41) is 12.0. The molecule has 21 heavy (non-hydrogen) atoms. The van der Waals surface area contributed by atoms with Crippen molar-refractivity contribution < 1.29 is 19.4 Å². The van der Waals surface area contributed by atoms with E-state index in [1.54, 1.807) is 0 Å². The number of carboxylic acid groups (broad SMARTS) is 1. The smallest absolute Gasteiger partial charge is 0.317 e. The number of nitrogens with one attached hydrogen (secondary N) is 1. The Morgan fingerprint density at radius 2 is 1.90 bits per heavy atom. The first-order chi connectivity index (χ1) is 9.90. The Labute approximate surface area is 126 Å². The molecule has 0 aromatic rings. The van der Waals surface area contributed by atoms with Gasteiger partial charge < -0.3 is 20.1 Å². The lowest BCUT2D eigenvalue weighted by atomic mass is 10.0. The molecule has 2 N–H and O–H groups in total. The van der Waals surface area contributed by atoms with E-state index in [9.17, 15) is 9.59 Å². The number of hydrogen-bond donors (Lipinski definition) is 2. The minimum atomic E-state index is -0.921. The van der Waals surface area contributed by atoms with Gasteiger partial charge in [0.15, 0.2) is 0 Å². The fourth-order valence-electron chi connectivity index (χ4n) is 2.70. The van der Waals surface area contributed by atoms with Crippen LogP contribution >= 0.6 is 0 Å². The van der Waals surface area contributed by atoms with Gasteiger partial charge in [-0.25, -0.2) is 4.79 Å². The van der Waals surface area contributed by atoms with Crippen LogP contribution in [0.4, 0.5) is 4.79 Å². The van der Waals surface area contributed by atoms with E-state index in [1.807, 2.05) is 4.90 Å². The predicted octanol–water partition coefficient (Wildman–Crippen LogP) is 1.94. The van der Waals surface area contributed by atoms with Crippen molar-refractivity contribution in [3.63, 3.8) is 0 Å². The Balaban J connectivity index is 2.73. The van der Waals surface area contributed by atoms with Gasteiger partial charge in [0.05, 0.1) is 19.3 Å². The van der Waals surface area contributed by atoms with Gasteiger partial charge in [-0.15, -0.1) is 0 Å². The highest BCUT2D eigenvalue weighted by atomic mass is 16.5. The Hall–Kier alpha value is -1.30. The summed E-state index contributed by atoms with van der Waals surface area (Å²) < 4.78 is 5.19. The van der Waals surface area contributed by atoms with Gasteiger partial charge >= 0.3 is 12.0 Å². The van der Waals surface area contributed by atoms with Gasteiger partial charge in [-0.1, -0.05) is 27.7 Å². The molecule has 1 saturated heterocycles. The van der Waals surface area contributed by atoms with Gasteiger partial charge in [-0.3, -0.25) is 4.79 Å². The molecule has 2 atom stereocenters. The highest BCUT2D eigenvalue weighted by Crippen LogP contribution is 2.16. The zero-order chi connectivity index (χ0) is 16.0. The molecule has 2 amide bonds. The summed E-state index contributed by atoms with van der Waals surface area (Å²) >= 11 is 0. The molecule has 6 heteroatoms. The predicted molar refractivity (Wildman–Crippen MR) is 80.2 cm³/mol. The summed E-state index contributed by atoms with van der Waals surface area (Å²) in [6, 6.07) is -0.448. The SMILES string of the molecule is CCC(CC)N(CC(C)C)C(=O)NC1COCC1C(=O)O. The lowest BCUT2D eigenvalue weighted by Gasteiger charge is -2.33. The third kappa shape index (κ3) is 4.88. The van der Waals surface area contributed by atoms with Crippen LogP contribution in [0.2, 0.25) is 0 Å². The molecule has 6 nitrogen and oxygen atoms in total. The Kier molecular flexibility index (Phi) is 6.95. The van der Waals surface area contributed by atoms with Crippen molar-refractivity contribution in [1.82, 2.24) is 10.2 Å². The van der Waals surface area contributed by atoms with Crippen molar-refractivity contribution in [3.05, 3.63) is 0 Å². The molecule has 1 aliphatic heterocycles. The van der Waals surface area contributed by atoms with Crippen LogP contribution in [0.25, 0.3) is 0 Å². The summed E-state index contributed by atoms with van der Waals surface area (Å²) in [6.07, 6.45) is 1.78. The Morgan fingerprint density at radius 1 is 1.29 bits per heavy atom. The van der Waals surface area contributed by atoms with Crippen LogP contribution in [0, 0.1) is 11.8 Å². The zero-order valence-electron chi connectivity index (χ0n) is 13.5. The maximum absolute atomic E-state index is 12.5. The number of rotatable bonds is 7. The van der Waals surface area contributed by atoms with Crippen LogP contribution in [0.1, 0.15) is 40.5 Å². The van der Waals surface area contributed by atoms with Crippen molar-refractivity contribution in [3.8, 4) is 0 Å². The van der Waals surface area contributed by atoms with E-state index in [1.165, 1.54) is 0 Å². The highest BCUT2D eigenvalue weighted by molar-refractivity contribution is 5.77. The second-order valence-electron chi connectivity index (χ2n) is 6.05. The lowest BCUT2D eigenvalue weighted by Crippen LogP contribution is -2.52. The fraction of sp³-hybridized carbons (Fsp3) is 0.867. The molecule has 1 aliphatic rings. The molecule has 0 spiro atoms. The second kappa shape index (κ2) is 8.22. The number of aliphatic carboxylic acids is 1. The van der Waals surface area contributed by atoms with Crippen molar-refractivity contribution in [2.75, 3.05) is 19.8 Å². The van der Waals surface area contributed by atoms with E-state index in [0.29, 0.717) is 12.5 Å². The first-order valence-corrected chi connectivity index (χ1v) is 7.78. The first kappa shape index (κ1) is 17.8. The number of nitrogens with zero attached hydrogens (tertiary/aromatic N) is 1. The zero-order valence-corrected chi connectivity index (χ0v) is 13.5. The molecule has 0 aliphatic carbocycles. The Bertz CT molecular complexity index is 356. The van der Waals surface area contributed by atoms with Gasteiger partial charge in [0, 0.05) is 12.6 Å². The summed E-state index contributed by atoms with van der Waals surface area (Å²) in [5.74, 6) is -1.21. The molecule has 1 heterocycles. The minimum Gasteiger partial charge on any atom is -0.481 e. The first-order valence-electron chi connectivity index (χ1n) is 7.78. The molecule has 0 aromatic heterocycles. The molecule has 1 fully saturated rings. The second-order valence-corrected chi connectivity index (χ2v) is 6.05. The van der Waals surface area contributed by atoms with Gasteiger partial charge in [-0.2, -0.15) is 0 Å². The molecule has 122 valence electrons. The van der Waals surface area contributed by atoms with E-state index in [4.69, 9.17) is 9.84 Å². The number of hydrogen-bond acceptors (Lipinski definition) is 3. The fourth-order valence-corrected chi connectivity index (χ4v) is 2.70. The van der Waals surface area contributed by atoms with E-state index in [2.05, 4.69) is 33.0 Å². The third-order valence-electron chi connectivity index (χ3n) is 3.91. The van der Waals surface area contributed by atoms with Crippen LogP contribution in [0.5, 0.6) is 0 Å². The summed E-state index contributed by atoms with van der Waals surface area (Å²) in [5.41, 5.74) is 0. The molecule has 2 unspecified atom stereocenters. The standard InChI is InChI=1S/C15H28N2O4/c1-5-11(6-2)17(7-10(3)4)15(20)16-13-9-21-8-12(13)14(18)19/h10-13H,5-9H2,1-4H3,(H,16,20)(H,18,19). The van der Waals surface area contributed by atoms with Crippen LogP contribution in [-0.4, -0.2) is 53.8 Å². The van der Waals surface area contributed by atoms with Gasteiger partial charge in [-0.05, 0) is 18.8 Å². The van der Waals surface area contributed by atoms with Crippen LogP contribution in [0.3, 0.4) is 0 Å². The van der Waals surface area contributed by atoms with Crippen LogP contribution in [0.15, 0.2) is 0 Å². The summed E-state index contributed by atoms with van der Waals surface area (Å²) in [7, 11) is 0. The highest BCUT2D eigenvalue weighted by Gasteiger charge is 2.36. The van der Waals surface area contributed by atoms with Crippen molar-refractivity contribution in [1.29, 1.82) is 0 Å². The quantitative estimate of drug-likeness (QED) is 0.753. The average molecular weight is 300 g/mol. The van der Waals surface area contributed by atoms with Crippen LogP contribution in [-0.2, 0) is 9.53 Å². The minimum absolute atomic E-state index is 0.162. The number of carboxylic acids is 1. The summed E-state index contributed by atoms with van der Waals surface area (Å²) in [6.45, 7) is 9.36. The Morgan fingerprint density at radius 3 is 2.38 bits per heavy atom. The number of carbonyl (C=O) groups is 2. The topological polar surface area (TPSA) is 78.9 Å². The van der Waals surface area contributed by atoms with E-state index < -0.39 is 17.9 Å². The molecular formula is C15H28N2O4. The van der Waals surface area contributed by atoms with Gasteiger partial charge in [0.2, 0.25) is 0 Å². The maximum Gasteiger partial charge on any atom is 0.317 e. The summed E-state index contributed by atoms with van der Waals surface area (Å²) in [4.78, 5) is 25.5. The van der Waals surface area contributed by atoms with Gasteiger partial charge in [0.1, 0.15) is 5.92 Å². The van der Waals surface area contributed by atoms with E-state index >= 15 is 0 Å². The van der Waals surface area contributed by atoms with Crippen molar-refractivity contribution in [2.45, 2.75) is 52.6 Å². The third-order valence-corrected chi connectivity index (χ3v) is 3.91. The normalized spacial score (nSPS) is 21.8. The number of carbonyl (C=O) groups excluding carboxylic acids is 1. The largest absolute Gasteiger partial charge is 0.481 e.